The summed E-state index contributed by atoms with van der Waals surface area (Å²) in [6, 6.07) is 6.86. The first-order chi connectivity index (χ1) is 17.1. The lowest BCUT2D eigenvalue weighted by atomic mass is 10.1. The SMILES string of the molecule is CN(C1CCN(CCCN2CCCc3c(ccnc3Oc3ccc(Cl)c(Cl)c3)C2=O)CC1)S(C)(=O)=O. The van der Waals surface area contributed by atoms with Gasteiger partial charge in [-0.3, -0.25) is 4.79 Å². The lowest BCUT2D eigenvalue weighted by molar-refractivity contribution is 0.0749. The summed E-state index contributed by atoms with van der Waals surface area (Å²) in [5.74, 6) is 0.936. The Kier molecular flexibility index (Phi) is 8.78. The van der Waals surface area contributed by atoms with E-state index in [9.17, 15) is 13.2 Å². The first-order valence-electron chi connectivity index (χ1n) is 12.2. The zero-order valence-electron chi connectivity index (χ0n) is 20.6. The van der Waals surface area contributed by atoms with Gasteiger partial charge in [-0.2, -0.15) is 0 Å². The zero-order valence-corrected chi connectivity index (χ0v) is 22.9. The Labute approximate surface area is 223 Å². The van der Waals surface area contributed by atoms with E-state index in [4.69, 9.17) is 27.9 Å². The molecule has 0 unspecified atom stereocenters. The molecule has 0 atom stereocenters. The molecule has 36 heavy (non-hydrogen) atoms. The van der Waals surface area contributed by atoms with Crippen molar-refractivity contribution >= 4 is 39.1 Å². The number of rotatable bonds is 8. The fourth-order valence-corrected chi connectivity index (χ4v) is 5.89. The molecule has 0 saturated carbocycles. The highest BCUT2D eigenvalue weighted by Gasteiger charge is 2.28. The van der Waals surface area contributed by atoms with E-state index in [1.165, 1.54) is 10.6 Å². The van der Waals surface area contributed by atoms with Crippen molar-refractivity contribution in [2.45, 2.75) is 38.1 Å². The lowest BCUT2D eigenvalue weighted by Gasteiger charge is -2.36. The molecule has 1 amide bonds. The van der Waals surface area contributed by atoms with Crippen molar-refractivity contribution in [3.63, 3.8) is 0 Å². The minimum absolute atomic E-state index is 0.00243. The van der Waals surface area contributed by atoms with Gasteiger partial charge in [-0.15, -0.1) is 0 Å². The Balaban J connectivity index is 1.33. The van der Waals surface area contributed by atoms with Crippen molar-refractivity contribution in [1.82, 2.24) is 19.1 Å². The number of carbonyl (C=O) groups is 1. The number of hydrogen-bond donors (Lipinski definition) is 0. The van der Waals surface area contributed by atoms with Crippen LogP contribution < -0.4 is 4.74 Å². The van der Waals surface area contributed by atoms with E-state index in [1.807, 2.05) is 4.90 Å². The average molecular weight is 556 g/mol. The molecule has 0 bridgehead atoms. The first-order valence-corrected chi connectivity index (χ1v) is 14.8. The monoisotopic (exact) mass is 554 g/mol. The molecule has 1 fully saturated rings. The summed E-state index contributed by atoms with van der Waals surface area (Å²) in [5.41, 5.74) is 1.44. The van der Waals surface area contributed by atoms with Crippen LogP contribution in [0, 0.1) is 0 Å². The van der Waals surface area contributed by atoms with Crippen molar-refractivity contribution in [2.75, 3.05) is 46.0 Å². The van der Waals surface area contributed by atoms with Gasteiger partial charge in [0.05, 0.1) is 16.3 Å². The van der Waals surface area contributed by atoms with E-state index in [2.05, 4.69) is 9.88 Å². The van der Waals surface area contributed by atoms with Crippen LogP contribution in [0.5, 0.6) is 11.6 Å². The molecule has 196 valence electrons. The molecule has 8 nitrogen and oxygen atoms in total. The third-order valence-electron chi connectivity index (χ3n) is 6.99. The molecule has 11 heteroatoms. The maximum absolute atomic E-state index is 13.4. The van der Waals surface area contributed by atoms with Crippen LogP contribution in [0.2, 0.25) is 10.0 Å². The lowest BCUT2D eigenvalue weighted by Crippen LogP contribution is -2.45. The topological polar surface area (TPSA) is 83.0 Å². The van der Waals surface area contributed by atoms with Crippen LogP contribution in [-0.4, -0.2) is 85.5 Å². The molecule has 0 spiro atoms. The number of aromatic nitrogens is 1. The van der Waals surface area contributed by atoms with Crippen molar-refractivity contribution < 1.29 is 17.9 Å². The second-order valence-electron chi connectivity index (χ2n) is 9.42. The molecule has 4 rings (SSSR count). The van der Waals surface area contributed by atoms with Gasteiger partial charge in [0.2, 0.25) is 15.9 Å². The number of fused-ring (bicyclic) bond motifs is 1. The van der Waals surface area contributed by atoms with Crippen LogP contribution in [0.3, 0.4) is 0 Å². The van der Waals surface area contributed by atoms with Gasteiger partial charge in [-0.05, 0) is 69.9 Å². The second-order valence-corrected chi connectivity index (χ2v) is 12.3. The number of amides is 1. The maximum Gasteiger partial charge on any atom is 0.254 e. The van der Waals surface area contributed by atoms with Gasteiger partial charge in [0.15, 0.2) is 0 Å². The van der Waals surface area contributed by atoms with E-state index in [1.54, 1.807) is 37.5 Å². The summed E-state index contributed by atoms with van der Waals surface area (Å²) in [5, 5.41) is 0.838. The molecular formula is C25H32Cl2N4O4S. The number of hydrogen-bond acceptors (Lipinski definition) is 6. The normalized spacial score (nSPS) is 17.8. The highest BCUT2D eigenvalue weighted by Crippen LogP contribution is 2.32. The highest BCUT2D eigenvalue weighted by atomic mass is 35.5. The first kappa shape index (κ1) is 27.1. The highest BCUT2D eigenvalue weighted by molar-refractivity contribution is 7.88. The van der Waals surface area contributed by atoms with Gasteiger partial charge < -0.3 is 14.5 Å². The third kappa shape index (κ3) is 6.50. The van der Waals surface area contributed by atoms with Crippen LogP contribution in [-0.2, 0) is 16.4 Å². The van der Waals surface area contributed by atoms with Crippen molar-refractivity contribution in [3.8, 4) is 11.6 Å². The van der Waals surface area contributed by atoms with Gasteiger partial charge in [0.1, 0.15) is 5.75 Å². The maximum atomic E-state index is 13.4. The fourth-order valence-electron chi connectivity index (χ4n) is 4.85. The van der Waals surface area contributed by atoms with Crippen LogP contribution >= 0.6 is 23.2 Å². The predicted octanol–water partition coefficient (Wildman–Crippen LogP) is 4.32. The second kappa shape index (κ2) is 11.6. The van der Waals surface area contributed by atoms with Crippen LogP contribution in [0.15, 0.2) is 30.5 Å². The summed E-state index contributed by atoms with van der Waals surface area (Å²) >= 11 is 12.1. The zero-order chi connectivity index (χ0) is 25.9. The fraction of sp³-hybridized carbons (Fsp3) is 0.520. The summed E-state index contributed by atoms with van der Waals surface area (Å²) in [7, 11) is -1.50. The molecule has 0 aliphatic carbocycles. The summed E-state index contributed by atoms with van der Waals surface area (Å²) in [4.78, 5) is 22.0. The number of nitrogens with zero attached hydrogens (tertiary/aromatic N) is 4. The van der Waals surface area contributed by atoms with Crippen molar-refractivity contribution in [1.29, 1.82) is 0 Å². The quantitative estimate of drug-likeness (QED) is 0.483. The third-order valence-corrected chi connectivity index (χ3v) is 9.07. The van der Waals surface area contributed by atoms with Gasteiger partial charge >= 0.3 is 0 Å². The Hall–Kier alpha value is -1.91. The van der Waals surface area contributed by atoms with E-state index in [0.29, 0.717) is 46.7 Å². The van der Waals surface area contributed by atoms with Crippen LogP contribution in [0.4, 0.5) is 0 Å². The summed E-state index contributed by atoms with van der Waals surface area (Å²) in [6.45, 7) is 3.96. The Bertz CT molecular complexity index is 1200. The van der Waals surface area contributed by atoms with Gasteiger partial charge in [0.25, 0.3) is 5.91 Å². The van der Waals surface area contributed by atoms with Crippen LogP contribution in [0.25, 0.3) is 0 Å². The molecule has 3 heterocycles. The summed E-state index contributed by atoms with van der Waals surface area (Å²) < 4.78 is 31.1. The van der Waals surface area contributed by atoms with E-state index >= 15 is 0 Å². The summed E-state index contributed by atoms with van der Waals surface area (Å²) in [6.07, 6.45) is 6.90. The molecule has 0 radical (unpaired) electrons. The number of pyridine rings is 1. The smallest absolute Gasteiger partial charge is 0.254 e. The molecule has 2 aromatic rings. The average Bonchev–Trinajstić information content (AvgIpc) is 3.00. The molecule has 1 aromatic carbocycles. The van der Waals surface area contributed by atoms with E-state index in [-0.39, 0.29) is 11.9 Å². The van der Waals surface area contributed by atoms with E-state index in [0.717, 1.165) is 50.9 Å². The minimum atomic E-state index is -3.16. The largest absolute Gasteiger partial charge is 0.439 e. The molecule has 1 aromatic heterocycles. The van der Waals surface area contributed by atoms with E-state index < -0.39 is 10.0 Å². The number of halogens is 2. The molecule has 2 aliphatic heterocycles. The number of carbonyl (C=O) groups excluding carboxylic acids is 1. The Morgan fingerprint density at radius 1 is 1.11 bits per heavy atom. The number of likely N-dealkylation sites (tertiary alicyclic amines) is 1. The predicted molar refractivity (Wildman–Crippen MR) is 142 cm³/mol. The minimum Gasteiger partial charge on any atom is -0.439 e. The number of sulfonamides is 1. The Morgan fingerprint density at radius 3 is 2.56 bits per heavy atom. The standard InChI is InChI=1S/C25H32Cl2N4O4S/c1-29(36(2,33)34)18-9-15-30(16-10-18)12-4-14-31-13-3-5-20-21(25(31)32)8-11-28-24(20)35-19-6-7-22(26)23(27)17-19/h6-8,11,17-18H,3-5,9-10,12-16H2,1-2H3. The molecule has 2 aliphatic rings. The molecule has 0 N–H and O–H groups in total. The number of benzene rings is 1. The molecule has 1 saturated heterocycles. The number of ether oxygens (including phenoxy) is 1. The molecular weight excluding hydrogens is 523 g/mol. The van der Waals surface area contributed by atoms with Gasteiger partial charge in [-0.1, -0.05) is 23.2 Å². The van der Waals surface area contributed by atoms with Gasteiger partial charge in [-0.25, -0.2) is 17.7 Å². The number of piperidine rings is 1. The van der Waals surface area contributed by atoms with Crippen molar-refractivity contribution in [3.05, 3.63) is 51.6 Å². The van der Waals surface area contributed by atoms with Crippen molar-refractivity contribution in [2.24, 2.45) is 0 Å². The van der Waals surface area contributed by atoms with Gasteiger partial charge in [0, 0.05) is 49.6 Å². The Morgan fingerprint density at radius 2 is 1.86 bits per heavy atom. The van der Waals surface area contributed by atoms with Crippen LogP contribution in [0.1, 0.15) is 41.6 Å².